The second-order valence-corrected chi connectivity index (χ2v) is 7.01. The molecule has 0 spiro atoms. The van der Waals surface area contributed by atoms with Gasteiger partial charge in [-0.25, -0.2) is 9.98 Å². The Kier molecular flexibility index (Phi) is 6.43. The number of nitrogens with zero attached hydrogens (tertiary/aromatic N) is 4. The average molecular weight is 382 g/mol. The molecular weight excluding hydrogens is 358 g/mol. The lowest BCUT2D eigenvalue weighted by Gasteiger charge is -2.33. The fourth-order valence-corrected chi connectivity index (χ4v) is 3.79. The summed E-state index contributed by atoms with van der Waals surface area (Å²) in [5.74, 6) is 0.899. The van der Waals surface area contributed by atoms with Crippen LogP contribution in [0.4, 0.5) is 13.8 Å². The predicted molar refractivity (Wildman–Crippen MR) is 101 cm³/mol. The van der Waals surface area contributed by atoms with E-state index in [4.69, 9.17) is 0 Å². The lowest BCUT2D eigenvalue weighted by atomic mass is 10.1. The Balaban J connectivity index is 1.56. The highest BCUT2D eigenvalue weighted by Crippen LogP contribution is 2.24. The first-order chi connectivity index (χ1) is 12.7. The summed E-state index contributed by atoms with van der Waals surface area (Å²) in [6.45, 7) is 2.20. The van der Waals surface area contributed by atoms with Crippen molar-refractivity contribution >= 4 is 22.3 Å². The largest absolute Gasteiger partial charge is 0.363 e. The van der Waals surface area contributed by atoms with E-state index in [1.807, 2.05) is 6.92 Å². The number of aliphatic imine (C=N–C) groups is 1. The molecule has 0 atom stereocenters. The second kappa shape index (κ2) is 8.98. The highest BCUT2D eigenvalue weighted by atomic mass is 32.1. The molecule has 1 aliphatic rings. The van der Waals surface area contributed by atoms with Crippen molar-refractivity contribution in [1.29, 1.82) is 0 Å². The smallest absolute Gasteiger partial charge is 0.319 e. The summed E-state index contributed by atoms with van der Waals surface area (Å²) in [5, 5.41) is 10.0. The molecule has 142 valence electrons. The molecule has 0 radical (unpaired) electrons. The minimum atomic E-state index is -2.60. The molecule has 0 aliphatic carbocycles. The molecule has 2 aromatic heterocycles. The van der Waals surface area contributed by atoms with E-state index in [0.29, 0.717) is 18.5 Å². The van der Waals surface area contributed by atoms with E-state index in [2.05, 4.69) is 43.0 Å². The zero-order chi connectivity index (χ0) is 18.4. The SMILES string of the molecule is CCNC(=NCc1nccn1C(F)F)NC1CCN(c2cccs2)CC1. The summed E-state index contributed by atoms with van der Waals surface area (Å²) in [4.78, 5) is 10.8. The average Bonchev–Trinajstić information content (AvgIpc) is 3.32. The van der Waals surface area contributed by atoms with Gasteiger partial charge >= 0.3 is 6.55 Å². The molecule has 2 N–H and O–H groups in total. The fourth-order valence-electron chi connectivity index (χ4n) is 3.00. The van der Waals surface area contributed by atoms with E-state index < -0.39 is 6.55 Å². The van der Waals surface area contributed by atoms with E-state index in [0.717, 1.165) is 30.5 Å². The van der Waals surface area contributed by atoms with Gasteiger partial charge in [0.1, 0.15) is 12.4 Å². The van der Waals surface area contributed by atoms with Crippen molar-refractivity contribution in [2.75, 3.05) is 24.5 Å². The summed E-state index contributed by atoms with van der Waals surface area (Å²) < 4.78 is 26.6. The minimum absolute atomic E-state index is 0.112. The maximum atomic E-state index is 12.9. The Labute approximate surface area is 155 Å². The summed E-state index contributed by atoms with van der Waals surface area (Å²) in [7, 11) is 0. The van der Waals surface area contributed by atoms with Crippen LogP contribution in [0.3, 0.4) is 0 Å². The van der Waals surface area contributed by atoms with E-state index in [1.54, 1.807) is 11.3 Å². The van der Waals surface area contributed by atoms with Crippen molar-refractivity contribution in [2.24, 2.45) is 4.99 Å². The van der Waals surface area contributed by atoms with Gasteiger partial charge in [-0.2, -0.15) is 8.78 Å². The first kappa shape index (κ1) is 18.6. The number of imidazole rings is 1. The van der Waals surface area contributed by atoms with Gasteiger partial charge in [-0.05, 0) is 37.3 Å². The van der Waals surface area contributed by atoms with Gasteiger partial charge in [0, 0.05) is 38.1 Å². The van der Waals surface area contributed by atoms with Crippen molar-refractivity contribution in [1.82, 2.24) is 20.2 Å². The molecule has 1 fully saturated rings. The van der Waals surface area contributed by atoms with Crippen LogP contribution < -0.4 is 15.5 Å². The van der Waals surface area contributed by atoms with E-state index in [-0.39, 0.29) is 12.4 Å². The Morgan fingerprint density at radius 1 is 1.42 bits per heavy atom. The topological polar surface area (TPSA) is 57.5 Å². The number of halogens is 2. The standard InChI is InChI=1S/C17H24F2N6S/c1-2-20-17(22-12-14-21-7-10-25(14)16(18)19)23-13-5-8-24(9-6-13)15-4-3-11-26-15/h3-4,7,10-11,13,16H,2,5-6,8-9,12H2,1H3,(H2,20,22,23). The molecule has 6 nitrogen and oxygen atoms in total. The molecule has 0 unspecified atom stereocenters. The number of nitrogens with one attached hydrogen (secondary N) is 2. The Morgan fingerprint density at radius 3 is 2.88 bits per heavy atom. The molecular formula is C17H24F2N6S. The van der Waals surface area contributed by atoms with Gasteiger partial charge in [0.2, 0.25) is 0 Å². The zero-order valence-corrected chi connectivity index (χ0v) is 15.6. The lowest BCUT2D eigenvalue weighted by Crippen LogP contribution is -2.48. The third-order valence-corrected chi connectivity index (χ3v) is 5.26. The van der Waals surface area contributed by atoms with Crippen molar-refractivity contribution in [3.63, 3.8) is 0 Å². The third-order valence-electron chi connectivity index (χ3n) is 4.34. The van der Waals surface area contributed by atoms with Crippen LogP contribution in [0, 0.1) is 0 Å². The van der Waals surface area contributed by atoms with Gasteiger partial charge in [0.05, 0.1) is 5.00 Å². The zero-order valence-electron chi connectivity index (χ0n) is 14.7. The van der Waals surface area contributed by atoms with Crippen LogP contribution in [0.1, 0.15) is 32.1 Å². The summed E-state index contributed by atoms with van der Waals surface area (Å²) in [6, 6.07) is 4.54. The number of hydrogen-bond donors (Lipinski definition) is 2. The normalized spacial score (nSPS) is 16.3. The number of aromatic nitrogens is 2. The van der Waals surface area contributed by atoms with Crippen molar-refractivity contribution < 1.29 is 8.78 Å². The summed E-state index contributed by atoms with van der Waals surface area (Å²) >= 11 is 1.76. The van der Waals surface area contributed by atoms with Crippen molar-refractivity contribution in [3.8, 4) is 0 Å². The first-order valence-electron chi connectivity index (χ1n) is 8.80. The molecule has 2 aromatic rings. The molecule has 3 heterocycles. The second-order valence-electron chi connectivity index (χ2n) is 6.08. The van der Waals surface area contributed by atoms with Crippen LogP contribution in [0.15, 0.2) is 34.9 Å². The van der Waals surface area contributed by atoms with Gasteiger partial charge in [0.25, 0.3) is 0 Å². The number of alkyl halides is 2. The van der Waals surface area contributed by atoms with Crippen LogP contribution in [0.25, 0.3) is 0 Å². The number of rotatable bonds is 6. The predicted octanol–water partition coefficient (Wildman–Crippen LogP) is 3.06. The molecule has 0 aromatic carbocycles. The van der Waals surface area contributed by atoms with Crippen molar-refractivity contribution in [3.05, 3.63) is 35.7 Å². The van der Waals surface area contributed by atoms with Gasteiger partial charge in [0.15, 0.2) is 5.96 Å². The van der Waals surface area contributed by atoms with E-state index >= 15 is 0 Å². The van der Waals surface area contributed by atoms with Crippen LogP contribution in [0.5, 0.6) is 0 Å². The van der Waals surface area contributed by atoms with E-state index in [9.17, 15) is 8.78 Å². The van der Waals surface area contributed by atoms with Crippen LogP contribution in [-0.2, 0) is 6.54 Å². The molecule has 0 amide bonds. The number of thiophene rings is 1. The lowest BCUT2D eigenvalue weighted by molar-refractivity contribution is 0.0671. The van der Waals surface area contributed by atoms with Gasteiger partial charge in [-0.15, -0.1) is 11.3 Å². The number of hydrogen-bond acceptors (Lipinski definition) is 4. The van der Waals surface area contributed by atoms with Crippen LogP contribution in [0.2, 0.25) is 0 Å². The molecule has 9 heteroatoms. The van der Waals surface area contributed by atoms with Gasteiger partial charge in [-0.1, -0.05) is 0 Å². The van der Waals surface area contributed by atoms with Crippen molar-refractivity contribution in [2.45, 2.75) is 38.9 Å². The number of piperidine rings is 1. The van der Waals surface area contributed by atoms with E-state index in [1.165, 1.54) is 17.4 Å². The van der Waals surface area contributed by atoms with Gasteiger partial charge in [-0.3, -0.25) is 4.57 Å². The number of guanidine groups is 1. The molecule has 1 aliphatic heterocycles. The molecule has 0 saturated carbocycles. The van der Waals surface area contributed by atoms with Gasteiger partial charge < -0.3 is 15.5 Å². The molecule has 3 rings (SSSR count). The maximum Gasteiger partial charge on any atom is 0.319 e. The molecule has 0 bridgehead atoms. The summed E-state index contributed by atoms with van der Waals surface area (Å²) in [5.41, 5.74) is 0. The highest BCUT2D eigenvalue weighted by molar-refractivity contribution is 7.14. The molecule has 1 saturated heterocycles. The monoisotopic (exact) mass is 382 g/mol. The van der Waals surface area contributed by atoms with Crippen LogP contribution >= 0.6 is 11.3 Å². The Morgan fingerprint density at radius 2 is 2.23 bits per heavy atom. The Bertz CT molecular complexity index is 692. The quantitative estimate of drug-likeness (QED) is 0.596. The first-order valence-corrected chi connectivity index (χ1v) is 9.68. The Hall–Kier alpha value is -2.16. The molecule has 26 heavy (non-hydrogen) atoms. The van der Waals surface area contributed by atoms with Crippen LogP contribution in [-0.4, -0.2) is 41.2 Å². The fraction of sp³-hybridized carbons (Fsp3) is 0.529. The maximum absolute atomic E-state index is 12.9. The third kappa shape index (κ3) is 4.72. The summed E-state index contributed by atoms with van der Waals surface area (Å²) in [6.07, 6.45) is 4.66. The minimum Gasteiger partial charge on any atom is -0.363 e. The highest BCUT2D eigenvalue weighted by Gasteiger charge is 2.20. The number of anilines is 1.